The molecular formula is C15H18ClFN2O3S. The number of benzene rings is 1. The number of hydrogen-bond acceptors (Lipinski definition) is 3. The Balaban J connectivity index is 1.96. The topological polar surface area (TPSA) is 80.5 Å². The molecular weight excluding hydrogens is 343 g/mol. The van der Waals surface area contributed by atoms with Gasteiger partial charge in [0.15, 0.2) is 0 Å². The SMILES string of the molecule is CC1(C)C[C@]2(C(N)=O)CN(S(=O)(=O)c3ccc(F)c(Cl)c3)C[C@H]12. The van der Waals surface area contributed by atoms with Gasteiger partial charge in [-0.25, -0.2) is 12.8 Å². The molecule has 3 rings (SSSR count). The summed E-state index contributed by atoms with van der Waals surface area (Å²) in [6.07, 6.45) is 0.566. The molecule has 2 aliphatic rings. The van der Waals surface area contributed by atoms with Gasteiger partial charge in [-0.05, 0) is 36.0 Å². The number of sulfonamides is 1. The van der Waals surface area contributed by atoms with Gasteiger partial charge in [-0.15, -0.1) is 0 Å². The van der Waals surface area contributed by atoms with Crippen LogP contribution in [0, 0.1) is 22.6 Å². The van der Waals surface area contributed by atoms with Crippen LogP contribution in [0.15, 0.2) is 23.1 Å². The molecule has 1 aliphatic carbocycles. The highest BCUT2D eigenvalue weighted by Gasteiger charge is 2.67. The number of carbonyl (C=O) groups excluding carboxylic acids is 1. The van der Waals surface area contributed by atoms with Crippen molar-refractivity contribution in [1.82, 2.24) is 4.31 Å². The summed E-state index contributed by atoms with van der Waals surface area (Å²) in [5.41, 5.74) is 4.61. The van der Waals surface area contributed by atoms with Crippen molar-refractivity contribution in [3.05, 3.63) is 29.0 Å². The van der Waals surface area contributed by atoms with Crippen LogP contribution in [0.5, 0.6) is 0 Å². The van der Waals surface area contributed by atoms with Crippen molar-refractivity contribution < 1.29 is 17.6 Å². The minimum absolute atomic E-state index is 0.0633. The number of halogens is 2. The smallest absolute Gasteiger partial charge is 0.243 e. The lowest BCUT2D eigenvalue weighted by Crippen LogP contribution is -2.59. The zero-order valence-corrected chi connectivity index (χ0v) is 14.4. The predicted octanol–water partition coefficient (Wildman–Crippen LogP) is 2.00. The van der Waals surface area contributed by atoms with E-state index in [1.54, 1.807) is 0 Å². The fraction of sp³-hybridized carbons (Fsp3) is 0.533. The first-order valence-electron chi connectivity index (χ1n) is 7.26. The van der Waals surface area contributed by atoms with Gasteiger partial charge in [-0.3, -0.25) is 4.79 Å². The maximum Gasteiger partial charge on any atom is 0.243 e. The number of amides is 1. The molecule has 23 heavy (non-hydrogen) atoms. The number of primary amides is 1. The molecule has 1 aromatic rings. The maximum absolute atomic E-state index is 13.3. The molecule has 2 atom stereocenters. The van der Waals surface area contributed by atoms with Gasteiger partial charge in [-0.1, -0.05) is 25.4 Å². The first kappa shape index (κ1) is 16.7. The monoisotopic (exact) mass is 360 g/mol. The Hall–Kier alpha value is -1.18. The van der Waals surface area contributed by atoms with Crippen LogP contribution in [0.4, 0.5) is 4.39 Å². The first-order chi connectivity index (χ1) is 10.5. The van der Waals surface area contributed by atoms with Gasteiger partial charge in [0, 0.05) is 13.1 Å². The molecule has 1 aliphatic heterocycles. The number of carbonyl (C=O) groups is 1. The molecule has 0 spiro atoms. The van der Waals surface area contributed by atoms with Crippen LogP contribution in [-0.4, -0.2) is 31.7 Å². The molecule has 2 fully saturated rings. The average molecular weight is 361 g/mol. The van der Waals surface area contributed by atoms with Crippen LogP contribution in [0.1, 0.15) is 20.3 Å². The van der Waals surface area contributed by atoms with E-state index in [-0.39, 0.29) is 34.3 Å². The molecule has 1 aromatic carbocycles. The predicted molar refractivity (Wildman–Crippen MR) is 83.7 cm³/mol. The maximum atomic E-state index is 13.3. The molecule has 1 saturated heterocycles. The van der Waals surface area contributed by atoms with Crippen LogP contribution < -0.4 is 5.73 Å². The number of nitrogens with zero attached hydrogens (tertiary/aromatic N) is 1. The zero-order chi connectivity index (χ0) is 17.2. The highest BCUT2D eigenvalue weighted by Crippen LogP contribution is 2.63. The van der Waals surface area contributed by atoms with E-state index in [1.807, 2.05) is 13.8 Å². The Morgan fingerprint density at radius 2 is 2.09 bits per heavy atom. The van der Waals surface area contributed by atoms with Crippen molar-refractivity contribution in [1.29, 1.82) is 0 Å². The fourth-order valence-electron chi connectivity index (χ4n) is 4.15. The van der Waals surface area contributed by atoms with Gasteiger partial charge in [0.25, 0.3) is 0 Å². The van der Waals surface area contributed by atoms with Crippen molar-refractivity contribution >= 4 is 27.5 Å². The Labute approximate surface area is 139 Å². The van der Waals surface area contributed by atoms with Crippen molar-refractivity contribution in [2.24, 2.45) is 22.5 Å². The number of rotatable bonds is 3. The van der Waals surface area contributed by atoms with E-state index in [9.17, 15) is 17.6 Å². The zero-order valence-electron chi connectivity index (χ0n) is 12.8. The summed E-state index contributed by atoms with van der Waals surface area (Å²) < 4.78 is 40.1. The van der Waals surface area contributed by atoms with Gasteiger partial charge < -0.3 is 5.73 Å². The van der Waals surface area contributed by atoms with Gasteiger partial charge in [0.05, 0.1) is 15.3 Å². The van der Waals surface area contributed by atoms with Gasteiger partial charge in [0.1, 0.15) is 5.82 Å². The van der Waals surface area contributed by atoms with Crippen molar-refractivity contribution in [2.75, 3.05) is 13.1 Å². The van der Waals surface area contributed by atoms with E-state index in [0.717, 1.165) is 12.1 Å². The van der Waals surface area contributed by atoms with Crippen LogP contribution in [0.3, 0.4) is 0 Å². The summed E-state index contributed by atoms with van der Waals surface area (Å²) in [6, 6.07) is 3.29. The van der Waals surface area contributed by atoms with Crippen LogP contribution >= 0.6 is 11.6 Å². The number of hydrogen-bond donors (Lipinski definition) is 1. The summed E-state index contributed by atoms with van der Waals surface area (Å²) in [4.78, 5) is 11.8. The molecule has 126 valence electrons. The van der Waals surface area contributed by atoms with Gasteiger partial charge in [0.2, 0.25) is 15.9 Å². The summed E-state index contributed by atoms with van der Waals surface area (Å²) in [5.74, 6) is -1.25. The highest BCUT2D eigenvalue weighted by molar-refractivity contribution is 7.89. The summed E-state index contributed by atoms with van der Waals surface area (Å²) in [6.45, 7) is 4.30. The highest BCUT2D eigenvalue weighted by atomic mass is 35.5. The molecule has 1 amide bonds. The largest absolute Gasteiger partial charge is 0.369 e. The van der Waals surface area contributed by atoms with Gasteiger partial charge in [-0.2, -0.15) is 4.31 Å². The molecule has 1 saturated carbocycles. The quantitative estimate of drug-likeness (QED) is 0.895. The first-order valence-corrected chi connectivity index (χ1v) is 9.08. The molecule has 0 unspecified atom stereocenters. The van der Waals surface area contributed by atoms with Crippen molar-refractivity contribution in [3.8, 4) is 0 Å². The molecule has 5 nitrogen and oxygen atoms in total. The van der Waals surface area contributed by atoms with E-state index in [1.165, 1.54) is 10.4 Å². The van der Waals surface area contributed by atoms with Crippen molar-refractivity contribution in [3.63, 3.8) is 0 Å². The second-order valence-electron chi connectivity index (χ2n) is 7.11. The molecule has 0 aromatic heterocycles. The van der Waals surface area contributed by atoms with E-state index in [4.69, 9.17) is 17.3 Å². The van der Waals surface area contributed by atoms with E-state index in [0.29, 0.717) is 6.42 Å². The van der Waals surface area contributed by atoms with Crippen LogP contribution in [0.2, 0.25) is 5.02 Å². The lowest BCUT2D eigenvalue weighted by molar-refractivity contribution is -0.148. The Morgan fingerprint density at radius 1 is 1.43 bits per heavy atom. The van der Waals surface area contributed by atoms with Crippen molar-refractivity contribution in [2.45, 2.75) is 25.2 Å². The fourth-order valence-corrected chi connectivity index (χ4v) is 5.95. The van der Waals surface area contributed by atoms with Crippen LogP contribution in [0.25, 0.3) is 0 Å². The Bertz CT molecular complexity index is 796. The van der Waals surface area contributed by atoms with E-state index < -0.39 is 27.2 Å². The number of fused-ring (bicyclic) bond motifs is 1. The molecule has 0 bridgehead atoms. The Morgan fingerprint density at radius 3 is 2.57 bits per heavy atom. The molecule has 1 heterocycles. The minimum atomic E-state index is -3.85. The molecule has 0 radical (unpaired) electrons. The van der Waals surface area contributed by atoms with E-state index >= 15 is 0 Å². The van der Waals surface area contributed by atoms with Crippen LogP contribution in [-0.2, 0) is 14.8 Å². The van der Waals surface area contributed by atoms with E-state index in [2.05, 4.69) is 0 Å². The summed E-state index contributed by atoms with van der Waals surface area (Å²) in [5, 5.41) is -0.252. The lowest BCUT2D eigenvalue weighted by atomic mass is 9.48. The summed E-state index contributed by atoms with van der Waals surface area (Å²) >= 11 is 5.69. The second-order valence-corrected chi connectivity index (χ2v) is 9.46. The third-order valence-electron chi connectivity index (χ3n) is 5.25. The average Bonchev–Trinajstić information content (AvgIpc) is 2.78. The lowest BCUT2D eigenvalue weighted by Gasteiger charge is -2.54. The third-order valence-corrected chi connectivity index (χ3v) is 7.34. The minimum Gasteiger partial charge on any atom is -0.369 e. The third kappa shape index (κ3) is 2.28. The normalized spacial score (nSPS) is 29.8. The molecule has 8 heteroatoms. The molecule has 2 N–H and O–H groups in total. The standard InChI is InChI=1S/C15H18ClFN2O3S/c1-14(2)7-15(13(18)20)8-19(6-12(14)15)23(21,22)9-3-4-11(17)10(16)5-9/h3-5,12H,6-8H2,1-2H3,(H2,18,20)/t12-,15+/m1/s1. The van der Waals surface area contributed by atoms with Gasteiger partial charge >= 0.3 is 0 Å². The second kappa shape index (κ2) is 4.91. The Kier molecular flexibility index (Phi) is 3.56. The number of nitrogens with two attached hydrogens (primary N) is 1. The summed E-state index contributed by atoms with van der Waals surface area (Å²) in [7, 11) is -3.85.